The van der Waals surface area contributed by atoms with E-state index < -0.39 is 35.5 Å². The van der Waals surface area contributed by atoms with Crippen LogP contribution < -0.4 is 0 Å². The normalized spacial score (nSPS) is 25.9. The molecular formula is C20H22N2O6. The number of hydrogen-bond donors (Lipinski definition) is 0. The monoisotopic (exact) mass is 386 g/mol. The average molecular weight is 386 g/mol. The van der Waals surface area contributed by atoms with Crippen molar-refractivity contribution in [1.82, 2.24) is 9.96 Å². The van der Waals surface area contributed by atoms with E-state index in [4.69, 9.17) is 9.57 Å². The van der Waals surface area contributed by atoms with Crippen LogP contribution in [-0.4, -0.2) is 51.5 Å². The number of nitrogens with zero attached hydrogens (tertiary/aromatic N) is 2. The summed E-state index contributed by atoms with van der Waals surface area (Å²) in [6.45, 7) is 5.27. The maximum absolute atomic E-state index is 12.9. The number of hydroxylamine groups is 2. The molecule has 0 unspecified atom stereocenters. The third-order valence-electron chi connectivity index (χ3n) is 5.37. The molecule has 148 valence electrons. The maximum atomic E-state index is 12.9. The Balaban J connectivity index is 1.53. The van der Waals surface area contributed by atoms with Gasteiger partial charge in [0.1, 0.15) is 11.6 Å². The fraction of sp³-hybridized carbons (Fsp3) is 0.500. The number of benzene rings is 1. The first-order chi connectivity index (χ1) is 13.2. The molecule has 4 rings (SSSR count). The van der Waals surface area contributed by atoms with E-state index in [2.05, 4.69) is 0 Å². The van der Waals surface area contributed by atoms with Gasteiger partial charge < -0.3 is 9.57 Å². The van der Waals surface area contributed by atoms with Gasteiger partial charge in [0.05, 0.1) is 11.1 Å². The SMILES string of the molecule is CC(C)(C)OC(=O)N1[C@H]2CC[C@H](C2)[C@H]1C(=O)ON1C(=O)c2ccccc2C1=O. The summed E-state index contributed by atoms with van der Waals surface area (Å²) in [6.07, 6.45) is 1.68. The number of carbonyl (C=O) groups excluding carboxylic acids is 4. The Bertz CT molecular complexity index is 839. The van der Waals surface area contributed by atoms with Gasteiger partial charge in [0.2, 0.25) is 0 Å². The Morgan fingerprint density at radius 1 is 1.04 bits per heavy atom. The zero-order chi connectivity index (χ0) is 20.2. The summed E-state index contributed by atoms with van der Waals surface area (Å²) in [4.78, 5) is 57.1. The molecule has 2 fully saturated rings. The number of hydrogen-bond acceptors (Lipinski definition) is 6. The molecule has 3 atom stereocenters. The van der Waals surface area contributed by atoms with Gasteiger partial charge in [-0.1, -0.05) is 17.2 Å². The maximum Gasteiger partial charge on any atom is 0.411 e. The fourth-order valence-electron chi connectivity index (χ4n) is 4.26. The summed E-state index contributed by atoms with van der Waals surface area (Å²) in [6, 6.07) is 5.32. The summed E-state index contributed by atoms with van der Waals surface area (Å²) < 4.78 is 5.45. The molecule has 1 aromatic carbocycles. The average Bonchev–Trinajstić information content (AvgIpc) is 3.30. The third-order valence-corrected chi connectivity index (χ3v) is 5.37. The number of fused-ring (bicyclic) bond motifs is 3. The predicted octanol–water partition coefficient (Wildman–Crippen LogP) is 2.53. The van der Waals surface area contributed by atoms with Gasteiger partial charge in [0, 0.05) is 6.04 Å². The van der Waals surface area contributed by atoms with Crippen LogP contribution in [0.4, 0.5) is 4.79 Å². The summed E-state index contributed by atoms with van der Waals surface area (Å²) in [5.74, 6) is -2.21. The Morgan fingerprint density at radius 3 is 2.21 bits per heavy atom. The number of carbonyl (C=O) groups is 4. The molecule has 8 nitrogen and oxygen atoms in total. The predicted molar refractivity (Wildman–Crippen MR) is 96.0 cm³/mol. The first-order valence-electron chi connectivity index (χ1n) is 9.38. The molecule has 8 heteroatoms. The van der Waals surface area contributed by atoms with Crippen molar-refractivity contribution >= 4 is 23.9 Å². The summed E-state index contributed by atoms with van der Waals surface area (Å²) in [7, 11) is 0. The highest BCUT2D eigenvalue weighted by Gasteiger charge is 2.54. The van der Waals surface area contributed by atoms with Gasteiger partial charge in [-0.15, -0.1) is 0 Å². The van der Waals surface area contributed by atoms with Crippen molar-refractivity contribution in [2.75, 3.05) is 0 Å². The summed E-state index contributed by atoms with van der Waals surface area (Å²) in [5, 5.41) is 0.492. The largest absolute Gasteiger partial charge is 0.444 e. The zero-order valence-electron chi connectivity index (χ0n) is 16.0. The van der Waals surface area contributed by atoms with Crippen LogP contribution in [0.25, 0.3) is 0 Å². The lowest BCUT2D eigenvalue weighted by atomic mass is 9.99. The minimum atomic E-state index is -0.863. The van der Waals surface area contributed by atoms with Crippen LogP contribution in [0.2, 0.25) is 0 Å². The van der Waals surface area contributed by atoms with Crippen LogP contribution in [0.5, 0.6) is 0 Å². The first-order valence-corrected chi connectivity index (χ1v) is 9.38. The molecule has 2 aliphatic heterocycles. The molecule has 1 aromatic rings. The lowest BCUT2D eigenvalue weighted by molar-refractivity contribution is -0.176. The molecule has 1 aliphatic carbocycles. The lowest BCUT2D eigenvalue weighted by Gasteiger charge is -2.35. The molecule has 0 N–H and O–H groups in total. The van der Waals surface area contributed by atoms with Crippen LogP contribution >= 0.6 is 0 Å². The van der Waals surface area contributed by atoms with Gasteiger partial charge in [-0.05, 0) is 58.1 Å². The van der Waals surface area contributed by atoms with Crippen LogP contribution in [0, 0.1) is 5.92 Å². The minimum Gasteiger partial charge on any atom is -0.444 e. The second-order valence-electron chi connectivity index (χ2n) is 8.42. The Labute approximate surface area is 162 Å². The molecular weight excluding hydrogens is 364 g/mol. The van der Waals surface area contributed by atoms with Gasteiger partial charge in [-0.2, -0.15) is 0 Å². The van der Waals surface area contributed by atoms with Gasteiger partial charge in [0.25, 0.3) is 11.8 Å². The Hall–Kier alpha value is -2.90. The quantitative estimate of drug-likeness (QED) is 0.725. The molecule has 2 heterocycles. The second kappa shape index (κ2) is 6.32. The van der Waals surface area contributed by atoms with E-state index in [1.54, 1.807) is 32.9 Å². The Kier molecular flexibility index (Phi) is 4.17. The van der Waals surface area contributed by atoms with Crippen LogP contribution in [-0.2, 0) is 14.4 Å². The number of ether oxygens (including phenoxy) is 1. The number of likely N-dealkylation sites (tertiary alicyclic amines) is 1. The number of piperidine rings is 1. The first kappa shape index (κ1) is 18.5. The molecule has 0 spiro atoms. The summed E-state index contributed by atoms with van der Waals surface area (Å²) in [5.41, 5.74) is -0.315. The molecule has 3 aliphatic rings. The highest BCUT2D eigenvalue weighted by molar-refractivity contribution is 6.20. The fourth-order valence-corrected chi connectivity index (χ4v) is 4.26. The Morgan fingerprint density at radius 2 is 1.64 bits per heavy atom. The van der Waals surface area contributed by atoms with Gasteiger partial charge in [-0.3, -0.25) is 14.5 Å². The second-order valence-corrected chi connectivity index (χ2v) is 8.42. The van der Waals surface area contributed by atoms with Crippen LogP contribution in [0.1, 0.15) is 60.7 Å². The molecule has 3 amide bonds. The number of amides is 3. The highest BCUT2D eigenvalue weighted by atomic mass is 16.7. The topological polar surface area (TPSA) is 93.2 Å². The van der Waals surface area contributed by atoms with Crippen molar-refractivity contribution < 1.29 is 28.8 Å². The van der Waals surface area contributed by atoms with E-state index in [-0.39, 0.29) is 23.1 Å². The molecule has 1 saturated carbocycles. The van der Waals surface area contributed by atoms with E-state index in [0.29, 0.717) is 11.5 Å². The van der Waals surface area contributed by atoms with E-state index in [9.17, 15) is 19.2 Å². The smallest absolute Gasteiger partial charge is 0.411 e. The molecule has 2 bridgehead atoms. The number of imide groups is 1. The van der Waals surface area contributed by atoms with Crippen molar-refractivity contribution in [1.29, 1.82) is 0 Å². The van der Waals surface area contributed by atoms with Crippen molar-refractivity contribution in [3.63, 3.8) is 0 Å². The van der Waals surface area contributed by atoms with E-state index >= 15 is 0 Å². The van der Waals surface area contributed by atoms with Gasteiger partial charge in [-0.25, -0.2) is 9.59 Å². The van der Waals surface area contributed by atoms with Crippen molar-refractivity contribution in [2.24, 2.45) is 5.92 Å². The standard InChI is InChI=1S/C20H22N2O6/c1-20(2,3)27-19(26)21-12-9-8-11(10-12)15(21)18(25)28-22-16(23)13-6-4-5-7-14(13)17(22)24/h4-7,11-12,15H,8-10H2,1-3H3/t11-,12+,15+/m1/s1. The third kappa shape index (κ3) is 2.93. The van der Waals surface area contributed by atoms with Gasteiger partial charge in [0.15, 0.2) is 0 Å². The van der Waals surface area contributed by atoms with E-state index in [0.717, 1.165) is 12.8 Å². The van der Waals surface area contributed by atoms with Crippen LogP contribution in [0.15, 0.2) is 24.3 Å². The molecule has 1 saturated heterocycles. The van der Waals surface area contributed by atoms with Crippen molar-refractivity contribution in [3.8, 4) is 0 Å². The highest BCUT2D eigenvalue weighted by Crippen LogP contribution is 2.43. The molecule has 28 heavy (non-hydrogen) atoms. The molecule has 0 radical (unpaired) electrons. The van der Waals surface area contributed by atoms with Crippen LogP contribution in [0.3, 0.4) is 0 Å². The van der Waals surface area contributed by atoms with E-state index in [1.807, 2.05) is 0 Å². The number of rotatable bonds is 2. The van der Waals surface area contributed by atoms with Crippen molar-refractivity contribution in [3.05, 3.63) is 35.4 Å². The van der Waals surface area contributed by atoms with E-state index in [1.165, 1.54) is 17.0 Å². The minimum absolute atomic E-state index is 0.0693. The van der Waals surface area contributed by atoms with Crippen molar-refractivity contribution in [2.45, 2.75) is 57.7 Å². The summed E-state index contributed by atoms with van der Waals surface area (Å²) >= 11 is 0. The lowest BCUT2D eigenvalue weighted by Crippen LogP contribution is -2.52. The van der Waals surface area contributed by atoms with Gasteiger partial charge >= 0.3 is 12.1 Å². The zero-order valence-corrected chi connectivity index (χ0v) is 16.0. The molecule has 0 aromatic heterocycles.